The van der Waals surface area contributed by atoms with Gasteiger partial charge in [-0.05, 0) is 30.7 Å². The largest absolute Gasteiger partial charge is 0.494 e. The molecule has 0 aromatic heterocycles. The molecular formula is C16H18N2O3. The van der Waals surface area contributed by atoms with Crippen LogP contribution in [0, 0.1) is 10.1 Å². The number of nitro groups is 1. The van der Waals surface area contributed by atoms with E-state index in [0.717, 1.165) is 19.5 Å². The van der Waals surface area contributed by atoms with Gasteiger partial charge in [0.2, 0.25) is 0 Å². The number of nitro benzene ring substituents is 1. The molecular weight excluding hydrogens is 268 g/mol. The summed E-state index contributed by atoms with van der Waals surface area (Å²) < 4.78 is 5.53. The zero-order chi connectivity index (χ0) is 14.9. The lowest BCUT2D eigenvalue weighted by molar-refractivity contribution is -0.384. The van der Waals surface area contributed by atoms with Crippen LogP contribution in [-0.4, -0.2) is 18.1 Å². The summed E-state index contributed by atoms with van der Waals surface area (Å²) in [5.41, 5.74) is 1.33. The van der Waals surface area contributed by atoms with Crippen LogP contribution in [0.15, 0.2) is 54.6 Å². The molecule has 1 N–H and O–H groups in total. The number of nitrogens with zero attached hydrogens (tertiary/aromatic N) is 1. The highest BCUT2D eigenvalue weighted by Crippen LogP contribution is 2.17. The maximum atomic E-state index is 10.5. The summed E-state index contributed by atoms with van der Waals surface area (Å²) in [6, 6.07) is 16.3. The number of rotatable bonds is 8. The molecule has 0 radical (unpaired) electrons. The van der Waals surface area contributed by atoms with E-state index in [1.807, 2.05) is 18.2 Å². The average molecular weight is 286 g/mol. The first kappa shape index (κ1) is 15.0. The van der Waals surface area contributed by atoms with Crippen LogP contribution in [0.1, 0.15) is 12.0 Å². The lowest BCUT2D eigenvalue weighted by Crippen LogP contribution is -2.16. The average Bonchev–Trinajstić information content (AvgIpc) is 2.52. The molecule has 0 heterocycles. The van der Waals surface area contributed by atoms with Crippen LogP contribution in [0.2, 0.25) is 0 Å². The van der Waals surface area contributed by atoms with Gasteiger partial charge in [-0.15, -0.1) is 0 Å². The molecule has 0 aliphatic heterocycles. The van der Waals surface area contributed by atoms with Gasteiger partial charge in [-0.3, -0.25) is 10.1 Å². The van der Waals surface area contributed by atoms with Gasteiger partial charge < -0.3 is 10.1 Å². The molecule has 0 fully saturated rings. The summed E-state index contributed by atoms with van der Waals surface area (Å²) in [7, 11) is 0. The maximum Gasteiger partial charge on any atom is 0.269 e. The van der Waals surface area contributed by atoms with Crippen molar-refractivity contribution in [3.63, 3.8) is 0 Å². The van der Waals surface area contributed by atoms with E-state index in [9.17, 15) is 10.1 Å². The highest BCUT2D eigenvalue weighted by atomic mass is 16.6. The fourth-order valence-electron chi connectivity index (χ4n) is 1.88. The zero-order valence-corrected chi connectivity index (χ0v) is 11.7. The Labute approximate surface area is 123 Å². The van der Waals surface area contributed by atoms with Crippen molar-refractivity contribution in [1.82, 2.24) is 5.32 Å². The fraction of sp³-hybridized carbons (Fsp3) is 0.250. The van der Waals surface area contributed by atoms with Gasteiger partial charge in [0.05, 0.1) is 11.5 Å². The van der Waals surface area contributed by atoms with Crippen LogP contribution in [0.4, 0.5) is 5.69 Å². The molecule has 0 bridgehead atoms. The van der Waals surface area contributed by atoms with E-state index in [1.165, 1.54) is 17.7 Å². The number of ether oxygens (including phenoxy) is 1. The van der Waals surface area contributed by atoms with Crippen LogP contribution in [0.25, 0.3) is 0 Å². The maximum absolute atomic E-state index is 10.5. The predicted octanol–water partition coefficient (Wildman–Crippen LogP) is 3.15. The van der Waals surface area contributed by atoms with Crippen molar-refractivity contribution in [1.29, 1.82) is 0 Å². The Kier molecular flexibility index (Phi) is 5.72. The molecule has 110 valence electrons. The van der Waals surface area contributed by atoms with Crippen LogP contribution in [-0.2, 0) is 6.54 Å². The van der Waals surface area contributed by atoms with Crippen molar-refractivity contribution in [2.45, 2.75) is 13.0 Å². The van der Waals surface area contributed by atoms with Gasteiger partial charge in [-0.25, -0.2) is 0 Å². The molecule has 0 spiro atoms. The highest BCUT2D eigenvalue weighted by molar-refractivity contribution is 5.35. The van der Waals surface area contributed by atoms with Gasteiger partial charge >= 0.3 is 0 Å². The second-order valence-electron chi connectivity index (χ2n) is 4.62. The van der Waals surface area contributed by atoms with Gasteiger partial charge in [0.15, 0.2) is 0 Å². The Hall–Kier alpha value is -2.40. The lowest BCUT2D eigenvalue weighted by atomic mass is 10.2. The first-order valence-electron chi connectivity index (χ1n) is 6.87. The van der Waals surface area contributed by atoms with E-state index >= 15 is 0 Å². The van der Waals surface area contributed by atoms with Gasteiger partial charge in [0, 0.05) is 18.7 Å². The van der Waals surface area contributed by atoms with Crippen LogP contribution >= 0.6 is 0 Å². The summed E-state index contributed by atoms with van der Waals surface area (Å²) in [5, 5.41) is 13.9. The van der Waals surface area contributed by atoms with E-state index in [0.29, 0.717) is 12.4 Å². The topological polar surface area (TPSA) is 64.4 Å². The lowest BCUT2D eigenvalue weighted by Gasteiger charge is -2.07. The number of nitrogens with one attached hydrogen (secondary N) is 1. The smallest absolute Gasteiger partial charge is 0.269 e. The summed E-state index contributed by atoms with van der Waals surface area (Å²) in [6.45, 7) is 2.29. The Bertz CT molecular complexity index is 555. The fourth-order valence-corrected chi connectivity index (χ4v) is 1.88. The Morgan fingerprint density at radius 1 is 1.05 bits per heavy atom. The van der Waals surface area contributed by atoms with Gasteiger partial charge in [-0.1, -0.05) is 30.3 Å². The molecule has 0 aliphatic carbocycles. The van der Waals surface area contributed by atoms with Gasteiger partial charge in [0.25, 0.3) is 5.69 Å². The number of non-ortho nitro benzene ring substituents is 1. The van der Waals surface area contributed by atoms with E-state index in [-0.39, 0.29) is 5.69 Å². The standard InChI is InChI=1S/C16H18N2O3/c19-18(20)15-7-9-16(10-8-15)21-12-4-11-17-13-14-5-2-1-3-6-14/h1-3,5-10,17H,4,11-13H2. The van der Waals surface area contributed by atoms with Gasteiger partial charge in [-0.2, -0.15) is 0 Å². The molecule has 2 aromatic rings. The summed E-state index contributed by atoms with van der Waals surface area (Å²) in [4.78, 5) is 10.1. The third kappa shape index (κ3) is 5.24. The third-order valence-corrected chi connectivity index (χ3v) is 2.99. The molecule has 2 rings (SSSR count). The SMILES string of the molecule is O=[N+]([O-])c1ccc(OCCCNCc2ccccc2)cc1. The molecule has 2 aromatic carbocycles. The van der Waals surface area contributed by atoms with Crippen LogP contribution in [0.3, 0.4) is 0 Å². The molecule has 21 heavy (non-hydrogen) atoms. The first-order valence-corrected chi connectivity index (χ1v) is 6.87. The number of hydrogen-bond acceptors (Lipinski definition) is 4. The Morgan fingerprint density at radius 3 is 2.43 bits per heavy atom. The Balaban J connectivity index is 1.60. The second-order valence-corrected chi connectivity index (χ2v) is 4.62. The van der Waals surface area contributed by atoms with Crippen molar-refractivity contribution in [3.05, 3.63) is 70.3 Å². The van der Waals surface area contributed by atoms with Crippen molar-refractivity contribution in [3.8, 4) is 5.75 Å². The summed E-state index contributed by atoms with van der Waals surface area (Å²) >= 11 is 0. The van der Waals surface area contributed by atoms with Crippen LogP contribution < -0.4 is 10.1 Å². The normalized spacial score (nSPS) is 10.3. The molecule has 0 unspecified atom stereocenters. The third-order valence-electron chi connectivity index (χ3n) is 2.99. The number of hydrogen-bond donors (Lipinski definition) is 1. The van der Waals surface area contributed by atoms with E-state index in [1.54, 1.807) is 12.1 Å². The molecule has 5 heteroatoms. The quantitative estimate of drug-likeness (QED) is 0.460. The molecule has 0 aliphatic rings. The number of benzene rings is 2. The molecule has 0 saturated carbocycles. The second kappa shape index (κ2) is 8.01. The monoisotopic (exact) mass is 286 g/mol. The van der Waals surface area contributed by atoms with E-state index in [2.05, 4.69) is 17.4 Å². The van der Waals surface area contributed by atoms with Crippen molar-refractivity contribution in [2.24, 2.45) is 0 Å². The molecule has 0 saturated heterocycles. The highest BCUT2D eigenvalue weighted by Gasteiger charge is 2.03. The van der Waals surface area contributed by atoms with Crippen LogP contribution in [0.5, 0.6) is 5.75 Å². The van der Waals surface area contributed by atoms with Crippen molar-refractivity contribution in [2.75, 3.05) is 13.2 Å². The minimum Gasteiger partial charge on any atom is -0.494 e. The first-order chi connectivity index (χ1) is 10.3. The van der Waals surface area contributed by atoms with Crippen molar-refractivity contribution < 1.29 is 9.66 Å². The van der Waals surface area contributed by atoms with E-state index in [4.69, 9.17) is 4.74 Å². The van der Waals surface area contributed by atoms with E-state index < -0.39 is 4.92 Å². The minimum atomic E-state index is -0.419. The summed E-state index contributed by atoms with van der Waals surface area (Å²) in [6.07, 6.45) is 0.879. The minimum absolute atomic E-state index is 0.0758. The van der Waals surface area contributed by atoms with Gasteiger partial charge in [0.1, 0.15) is 5.75 Å². The molecule has 5 nitrogen and oxygen atoms in total. The molecule has 0 amide bonds. The zero-order valence-electron chi connectivity index (χ0n) is 11.7. The Morgan fingerprint density at radius 2 is 1.76 bits per heavy atom. The molecule has 0 atom stereocenters. The van der Waals surface area contributed by atoms with Crippen molar-refractivity contribution >= 4 is 5.69 Å². The predicted molar refractivity (Wildman–Crippen MR) is 81.4 cm³/mol. The summed E-state index contributed by atoms with van der Waals surface area (Å²) in [5.74, 6) is 0.656.